The lowest BCUT2D eigenvalue weighted by Gasteiger charge is -2.27. The van der Waals surface area contributed by atoms with Crippen LogP contribution in [0.2, 0.25) is 0 Å². The average Bonchev–Trinajstić information content (AvgIpc) is 2.49. The van der Waals surface area contributed by atoms with Gasteiger partial charge in [-0.3, -0.25) is 19.7 Å². The van der Waals surface area contributed by atoms with Gasteiger partial charge in [0.25, 0.3) is 5.69 Å². The highest BCUT2D eigenvalue weighted by atomic mass is 79.9. The monoisotopic (exact) mass is 384 g/mol. The first-order chi connectivity index (χ1) is 10.9. The molecule has 2 rings (SSSR count). The summed E-state index contributed by atoms with van der Waals surface area (Å²) in [6.07, 6.45) is 2.29. The molecule has 0 spiro atoms. The number of nitrogens with zero attached hydrogens (tertiary/aromatic N) is 1. The minimum atomic E-state index is -0.530. The first kappa shape index (κ1) is 17.4. The van der Waals surface area contributed by atoms with Gasteiger partial charge in [0, 0.05) is 23.4 Å². The van der Waals surface area contributed by atoms with Crippen molar-refractivity contribution in [2.24, 2.45) is 5.92 Å². The number of benzene rings is 1. The predicted molar refractivity (Wildman–Crippen MR) is 86.9 cm³/mol. The quantitative estimate of drug-likeness (QED) is 0.487. The Morgan fingerprint density at radius 1 is 1.30 bits per heavy atom. The van der Waals surface area contributed by atoms with Gasteiger partial charge in [-0.15, -0.1) is 0 Å². The second-order valence-corrected chi connectivity index (χ2v) is 6.41. The van der Waals surface area contributed by atoms with Gasteiger partial charge in [-0.1, -0.05) is 15.9 Å². The van der Waals surface area contributed by atoms with Gasteiger partial charge in [0.2, 0.25) is 5.91 Å². The number of halogens is 1. The number of amides is 1. The highest BCUT2D eigenvalue weighted by Gasteiger charge is 2.29. The van der Waals surface area contributed by atoms with Crippen molar-refractivity contribution in [3.63, 3.8) is 0 Å². The van der Waals surface area contributed by atoms with E-state index in [0.29, 0.717) is 30.2 Å². The summed E-state index contributed by atoms with van der Waals surface area (Å²) in [4.78, 5) is 33.8. The third-order valence-corrected chi connectivity index (χ3v) is 4.29. The van der Waals surface area contributed by atoms with Crippen LogP contribution in [0.25, 0.3) is 0 Å². The lowest BCUT2D eigenvalue weighted by Crippen LogP contribution is -2.30. The Hall–Kier alpha value is -1.96. The van der Waals surface area contributed by atoms with Crippen LogP contribution in [0.4, 0.5) is 11.4 Å². The maximum absolute atomic E-state index is 12.3. The molecule has 1 saturated carbocycles. The van der Waals surface area contributed by atoms with Crippen LogP contribution in [0.3, 0.4) is 0 Å². The molecule has 0 unspecified atom stereocenters. The van der Waals surface area contributed by atoms with E-state index in [1.165, 1.54) is 19.1 Å². The first-order valence-corrected chi connectivity index (χ1v) is 8.08. The van der Waals surface area contributed by atoms with Crippen LogP contribution in [-0.2, 0) is 14.3 Å². The van der Waals surface area contributed by atoms with Crippen molar-refractivity contribution >= 4 is 39.2 Å². The molecule has 1 N–H and O–H groups in total. The zero-order chi connectivity index (χ0) is 17.0. The second-order valence-electron chi connectivity index (χ2n) is 5.49. The Bertz CT molecular complexity index is 626. The van der Waals surface area contributed by atoms with Crippen LogP contribution >= 0.6 is 15.9 Å². The Labute approximate surface area is 141 Å². The Kier molecular flexibility index (Phi) is 5.70. The van der Waals surface area contributed by atoms with Crippen molar-refractivity contribution in [3.05, 3.63) is 32.8 Å². The van der Waals surface area contributed by atoms with Gasteiger partial charge in [-0.25, -0.2) is 0 Å². The molecular weight excluding hydrogens is 368 g/mol. The molecule has 0 bridgehead atoms. The van der Waals surface area contributed by atoms with E-state index in [-0.39, 0.29) is 35.3 Å². The van der Waals surface area contributed by atoms with Gasteiger partial charge < -0.3 is 10.1 Å². The van der Waals surface area contributed by atoms with E-state index in [0.717, 1.165) is 0 Å². The topological polar surface area (TPSA) is 98.5 Å². The van der Waals surface area contributed by atoms with Gasteiger partial charge in [-0.2, -0.15) is 0 Å². The fraction of sp³-hybridized carbons (Fsp3) is 0.467. The minimum absolute atomic E-state index is 0.140. The summed E-state index contributed by atoms with van der Waals surface area (Å²) < 4.78 is 5.71. The van der Waals surface area contributed by atoms with E-state index in [4.69, 9.17) is 4.74 Å². The number of esters is 1. The van der Waals surface area contributed by atoms with Gasteiger partial charge in [0.1, 0.15) is 11.8 Å². The smallest absolute Gasteiger partial charge is 0.302 e. The Morgan fingerprint density at radius 3 is 2.52 bits per heavy atom. The maximum atomic E-state index is 12.3. The summed E-state index contributed by atoms with van der Waals surface area (Å²) in [7, 11) is 0. The zero-order valence-corrected chi connectivity index (χ0v) is 14.2. The third kappa shape index (κ3) is 4.75. The van der Waals surface area contributed by atoms with Crippen LogP contribution < -0.4 is 5.32 Å². The number of nitrogens with one attached hydrogen (secondary N) is 1. The number of hydrogen-bond acceptors (Lipinski definition) is 5. The third-order valence-electron chi connectivity index (χ3n) is 3.79. The highest BCUT2D eigenvalue weighted by Crippen LogP contribution is 2.31. The molecule has 8 heteroatoms. The van der Waals surface area contributed by atoms with Crippen LogP contribution in [-0.4, -0.2) is 22.9 Å². The number of carbonyl (C=O) groups excluding carboxylic acids is 2. The largest absolute Gasteiger partial charge is 0.463 e. The molecule has 0 saturated heterocycles. The Morgan fingerprint density at radius 2 is 1.96 bits per heavy atom. The number of nitro groups is 1. The molecule has 124 valence electrons. The normalized spacial score (nSPS) is 20.6. The van der Waals surface area contributed by atoms with Crippen molar-refractivity contribution in [2.45, 2.75) is 38.7 Å². The molecule has 1 aromatic carbocycles. The predicted octanol–water partition coefficient (Wildman–Crippen LogP) is 3.42. The van der Waals surface area contributed by atoms with Crippen LogP contribution in [0, 0.1) is 16.0 Å². The lowest BCUT2D eigenvalue weighted by atomic mass is 9.86. The molecule has 1 aliphatic rings. The molecule has 0 heterocycles. The first-order valence-electron chi connectivity index (χ1n) is 7.29. The number of hydrogen-bond donors (Lipinski definition) is 1. The molecule has 0 aliphatic heterocycles. The molecule has 0 atom stereocenters. The number of rotatable bonds is 4. The standard InChI is InChI=1S/C15H17BrN2O5/c1-9(19)23-12-5-2-10(3-6-12)15(20)17-13-7-4-11(16)8-14(13)18(21)22/h4,7-8,10,12H,2-3,5-6H2,1H3,(H,17,20). The molecule has 23 heavy (non-hydrogen) atoms. The molecule has 1 aliphatic carbocycles. The van der Waals surface area contributed by atoms with E-state index in [1.807, 2.05) is 0 Å². The second kappa shape index (κ2) is 7.54. The van der Waals surface area contributed by atoms with Gasteiger partial charge >= 0.3 is 5.97 Å². The molecular formula is C15H17BrN2O5. The van der Waals surface area contributed by atoms with Crippen molar-refractivity contribution < 1.29 is 19.2 Å². The van der Waals surface area contributed by atoms with E-state index >= 15 is 0 Å². The fourth-order valence-corrected chi connectivity index (χ4v) is 3.02. The molecule has 0 aromatic heterocycles. The number of ether oxygens (including phenoxy) is 1. The van der Waals surface area contributed by atoms with Crippen molar-refractivity contribution in [3.8, 4) is 0 Å². The van der Waals surface area contributed by atoms with Gasteiger partial charge in [-0.05, 0) is 37.8 Å². The summed E-state index contributed by atoms with van der Waals surface area (Å²) >= 11 is 3.18. The summed E-state index contributed by atoms with van der Waals surface area (Å²) in [6, 6.07) is 4.50. The van der Waals surface area contributed by atoms with E-state index in [2.05, 4.69) is 21.2 Å². The van der Waals surface area contributed by atoms with Crippen molar-refractivity contribution in [1.29, 1.82) is 0 Å². The van der Waals surface area contributed by atoms with E-state index in [9.17, 15) is 19.7 Å². The van der Waals surface area contributed by atoms with E-state index < -0.39 is 4.92 Å². The van der Waals surface area contributed by atoms with Gasteiger partial charge in [0.05, 0.1) is 4.92 Å². The summed E-state index contributed by atoms with van der Waals surface area (Å²) in [6.45, 7) is 1.37. The Balaban J connectivity index is 1.98. The van der Waals surface area contributed by atoms with Crippen LogP contribution in [0.15, 0.2) is 22.7 Å². The highest BCUT2D eigenvalue weighted by molar-refractivity contribution is 9.10. The molecule has 0 radical (unpaired) electrons. The maximum Gasteiger partial charge on any atom is 0.302 e. The zero-order valence-electron chi connectivity index (χ0n) is 12.6. The molecule has 1 fully saturated rings. The fourth-order valence-electron chi connectivity index (χ4n) is 2.67. The summed E-state index contributed by atoms with van der Waals surface area (Å²) in [5.74, 6) is -0.787. The van der Waals surface area contributed by atoms with Crippen LogP contribution in [0.5, 0.6) is 0 Å². The summed E-state index contributed by atoms with van der Waals surface area (Å²) in [5, 5.41) is 13.7. The molecule has 1 amide bonds. The SMILES string of the molecule is CC(=O)OC1CCC(C(=O)Nc2ccc(Br)cc2[N+](=O)[O-])CC1. The summed E-state index contributed by atoms with van der Waals surface area (Å²) in [5.41, 5.74) is 0.0339. The molecule has 1 aromatic rings. The number of anilines is 1. The molecule has 7 nitrogen and oxygen atoms in total. The van der Waals surface area contributed by atoms with Gasteiger partial charge in [0.15, 0.2) is 0 Å². The van der Waals surface area contributed by atoms with Crippen molar-refractivity contribution in [2.75, 3.05) is 5.32 Å². The minimum Gasteiger partial charge on any atom is -0.463 e. The average molecular weight is 385 g/mol. The number of nitro benzene ring substituents is 1. The van der Waals surface area contributed by atoms with Crippen LogP contribution in [0.1, 0.15) is 32.6 Å². The lowest BCUT2D eigenvalue weighted by molar-refractivity contribution is -0.384. The van der Waals surface area contributed by atoms with E-state index in [1.54, 1.807) is 6.07 Å². The number of carbonyl (C=O) groups is 2. The van der Waals surface area contributed by atoms with Crippen molar-refractivity contribution in [1.82, 2.24) is 0 Å².